The Morgan fingerprint density at radius 2 is 1.94 bits per heavy atom. The molecule has 1 saturated heterocycles. The van der Waals surface area contributed by atoms with Gasteiger partial charge in [-0.2, -0.15) is 0 Å². The molecule has 0 aromatic heterocycles. The summed E-state index contributed by atoms with van der Waals surface area (Å²) in [6.45, 7) is 5.74. The van der Waals surface area contributed by atoms with Gasteiger partial charge in [0, 0.05) is 13.6 Å². The summed E-state index contributed by atoms with van der Waals surface area (Å²) in [6, 6.07) is 8.24. The third-order valence-corrected chi connectivity index (χ3v) is 3.93. The van der Waals surface area contributed by atoms with Crippen LogP contribution in [-0.2, 0) is 0 Å². The Hall–Kier alpha value is -1.22. The highest BCUT2D eigenvalue weighted by atomic mass is 16.5. The van der Waals surface area contributed by atoms with Crippen molar-refractivity contribution in [3.63, 3.8) is 0 Å². The van der Waals surface area contributed by atoms with Crippen LogP contribution in [0.3, 0.4) is 0 Å². The molecule has 1 N–H and O–H groups in total. The Balaban J connectivity index is 2.08. The van der Waals surface area contributed by atoms with E-state index in [9.17, 15) is 0 Å². The minimum absolute atomic E-state index is 0.404. The summed E-state index contributed by atoms with van der Waals surface area (Å²) in [4.78, 5) is 2.32. The summed E-state index contributed by atoms with van der Waals surface area (Å²) in [5.74, 6) is 0.956. The number of para-hydroxylation sites is 2. The Labute approximate surface area is 110 Å². The number of benzene rings is 1. The lowest BCUT2D eigenvalue weighted by Crippen LogP contribution is -2.42. The topological polar surface area (TPSA) is 24.5 Å². The molecule has 100 valence electrons. The van der Waals surface area contributed by atoms with Crippen LogP contribution in [0.25, 0.3) is 0 Å². The molecule has 1 aliphatic heterocycles. The molecule has 0 saturated carbocycles. The molecule has 0 radical (unpaired) electrons. The lowest BCUT2D eigenvalue weighted by atomic mass is 9.80. The van der Waals surface area contributed by atoms with Crippen LogP contribution in [0.15, 0.2) is 24.3 Å². The van der Waals surface area contributed by atoms with Gasteiger partial charge in [-0.05, 0) is 43.5 Å². The van der Waals surface area contributed by atoms with Crippen LogP contribution in [0.4, 0.5) is 5.69 Å². The van der Waals surface area contributed by atoms with Crippen LogP contribution >= 0.6 is 0 Å². The summed E-state index contributed by atoms with van der Waals surface area (Å²) < 4.78 is 5.43. The fraction of sp³-hybridized carbons (Fsp3) is 0.600. The fourth-order valence-electron chi connectivity index (χ4n) is 2.79. The number of hydrogen-bond donors (Lipinski definition) is 1. The lowest BCUT2D eigenvalue weighted by Gasteiger charge is -2.38. The molecule has 0 aliphatic carbocycles. The van der Waals surface area contributed by atoms with Crippen molar-refractivity contribution in [1.82, 2.24) is 5.32 Å². The van der Waals surface area contributed by atoms with Gasteiger partial charge in [-0.3, -0.25) is 0 Å². The average molecular weight is 248 g/mol. The number of nitrogens with zero attached hydrogens (tertiary/aromatic N) is 1. The zero-order valence-corrected chi connectivity index (χ0v) is 11.7. The number of ether oxygens (including phenoxy) is 1. The highest BCUT2D eigenvalue weighted by Gasteiger charge is 2.28. The first kappa shape index (κ1) is 13.2. The summed E-state index contributed by atoms with van der Waals surface area (Å²) >= 11 is 0. The quantitative estimate of drug-likeness (QED) is 0.886. The van der Waals surface area contributed by atoms with Crippen LogP contribution < -0.4 is 15.0 Å². The Bertz CT molecular complexity index is 386. The number of methoxy groups -OCH3 is 1. The largest absolute Gasteiger partial charge is 0.495 e. The molecule has 1 aromatic carbocycles. The molecule has 1 aromatic rings. The molecular formula is C15H24N2O. The van der Waals surface area contributed by atoms with E-state index in [0.29, 0.717) is 5.41 Å². The summed E-state index contributed by atoms with van der Waals surface area (Å²) in [6.07, 6.45) is 2.49. The van der Waals surface area contributed by atoms with E-state index in [0.717, 1.165) is 25.4 Å². The summed E-state index contributed by atoms with van der Waals surface area (Å²) in [5.41, 5.74) is 1.58. The van der Waals surface area contributed by atoms with Gasteiger partial charge in [-0.1, -0.05) is 19.1 Å². The van der Waals surface area contributed by atoms with Gasteiger partial charge in [-0.15, -0.1) is 0 Å². The lowest BCUT2D eigenvalue weighted by molar-refractivity contribution is 0.236. The van der Waals surface area contributed by atoms with Crippen molar-refractivity contribution in [2.24, 2.45) is 5.41 Å². The van der Waals surface area contributed by atoms with Gasteiger partial charge in [0.05, 0.1) is 12.8 Å². The molecule has 18 heavy (non-hydrogen) atoms. The average Bonchev–Trinajstić information content (AvgIpc) is 2.39. The number of nitrogens with one attached hydrogen (secondary N) is 1. The molecule has 0 bridgehead atoms. The SMILES string of the molecule is COc1ccccc1N(C)CC1(C)CCNCC1. The monoisotopic (exact) mass is 248 g/mol. The molecule has 3 heteroatoms. The van der Waals surface area contributed by atoms with Crippen molar-refractivity contribution in [2.75, 3.05) is 38.7 Å². The van der Waals surface area contributed by atoms with E-state index in [4.69, 9.17) is 4.74 Å². The minimum atomic E-state index is 0.404. The van der Waals surface area contributed by atoms with Gasteiger partial charge in [-0.25, -0.2) is 0 Å². The molecule has 2 rings (SSSR count). The number of anilines is 1. The van der Waals surface area contributed by atoms with Crippen molar-refractivity contribution in [3.8, 4) is 5.75 Å². The second-order valence-electron chi connectivity index (χ2n) is 5.59. The maximum absolute atomic E-state index is 5.43. The minimum Gasteiger partial charge on any atom is -0.495 e. The number of hydrogen-bond acceptors (Lipinski definition) is 3. The van der Waals surface area contributed by atoms with Crippen LogP contribution in [-0.4, -0.2) is 33.8 Å². The van der Waals surface area contributed by atoms with E-state index < -0.39 is 0 Å². The molecule has 1 aliphatic rings. The second kappa shape index (κ2) is 5.61. The molecule has 0 spiro atoms. The zero-order chi connectivity index (χ0) is 13.0. The third-order valence-electron chi connectivity index (χ3n) is 3.93. The highest BCUT2D eigenvalue weighted by molar-refractivity contribution is 5.57. The van der Waals surface area contributed by atoms with E-state index in [2.05, 4.69) is 36.3 Å². The van der Waals surface area contributed by atoms with Crippen LogP contribution in [0, 0.1) is 5.41 Å². The van der Waals surface area contributed by atoms with E-state index in [-0.39, 0.29) is 0 Å². The second-order valence-corrected chi connectivity index (χ2v) is 5.59. The molecule has 0 unspecified atom stereocenters. The highest BCUT2D eigenvalue weighted by Crippen LogP contribution is 2.33. The van der Waals surface area contributed by atoms with Crippen molar-refractivity contribution in [2.45, 2.75) is 19.8 Å². The van der Waals surface area contributed by atoms with Gasteiger partial charge in [0.25, 0.3) is 0 Å². The maximum Gasteiger partial charge on any atom is 0.142 e. The fourth-order valence-corrected chi connectivity index (χ4v) is 2.79. The van der Waals surface area contributed by atoms with E-state index in [1.807, 2.05) is 12.1 Å². The Morgan fingerprint density at radius 3 is 2.61 bits per heavy atom. The van der Waals surface area contributed by atoms with Gasteiger partial charge < -0.3 is 15.0 Å². The standard InChI is InChI=1S/C15H24N2O/c1-15(8-10-16-11-9-15)12-17(2)13-6-4-5-7-14(13)18-3/h4-7,16H,8-12H2,1-3H3. The van der Waals surface area contributed by atoms with Crippen molar-refractivity contribution in [1.29, 1.82) is 0 Å². The Morgan fingerprint density at radius 1 is 1.28 bits per heavy atom. The number of rotatable bonds is 4. The van der Waals surface area contributed by atoms with Gasteiger partial charge in [0.1, 0.15) is 5.75 Å². The smallest absolute Gasteiger partial charge is 0.142 e. The van der Waals surface area contributed by atoms with Crippen LogP contribution in [0.2, 0.25) is 0 Å². The molecule has 0 amide bonds. The van der Waals surface area contributed by atoms with E-state index in [1.54, 1.807) is 7.11 Å². The van der Waals surface area contributed by atoms with Crippen molar-refractivity contribution < 1.29 is 4.74 Å². The van der Waals surface area contributed by atoms with Crippen molar-refractivity contribution in [3.05, 3.63) is 24.3 Å². The first-order valence-electron chi connectivity index (χ1n) is 6.69. The third kappa shape index (κ3) is 2.96. The number of piperidine rings is 1. The maximum atomic E-state index is 5.43. The molecular weight excluding hydrogens is 224 g/mol. The van der Waals surface area contributed by atoms with Crippen LogP contribution in [0.5, 0.6) is 5.75 Å². The molecule has 0 atom stereocenters. The predicted molar refractivity (Wildman–Crippen MR) is 76.5 cm³/mol. The normalized spacial score (nSPS) is 18.4. The molecule has 1 fully saturated rings. The van der Waals surface area contributed by atoms with Crippen LogP contribution in [0.1, 0.15) is 19.8 Å². The van der Waals surface area contributed by atoms with Gasteiger partial charge in [0.2, 0.25) is 0 Å². The van der Waals surface area contributed by atoms with Gasteiger partial charge in [0.15, 0.2) is 0 Å². The Kier molecular flexibility index (Phi) is 4.12. The zero-order valence-electron chi connectivity index (χ0n) is 11.7. The first-order valence-corrected chi connectivity index (χ1v) is 6.69. The summed E-state index contributed by atoms with van der Waals surface area (Å²) in [5, 5.41) is 3.43. The molecule has 1 heterocycles. The first-order chi connectivity index (χ1) is 8.64. The molecule has 3 nitrogen and oxygen atoms in total. The van der Waals surface area contributed by atoms with E-state index in [1.165, 1.54) is 18.5 Å². The summed E-state index contributed by atoms with van der Waals surface area (Å²) in [7, 11) is 3.89. The van der Waals surface area contributed by atoms with Crippen molar-refractivity contribution >= 4 is 5.69 Å². The van der Waals surface area contributed by atoms with E-state index >= 15 is 0 Å². The van der Waals surface area contributed by atoms with Gasteiger partial charge >= 0.3 is 0 Å². The predicted octanol–water partition coefficient (Wildman–Crippen LogP) is 2.52.